The molecule has 1 aromatic heterocycles. The molecular formula is C24H25Cl2N3O5. The number of rotatable bonds is 10. The van der Waals surface area contributed by atoms with Crippen molar-refractivity contribution in [2.45, 2.75) is 32.9 Å². The molecule has 0 atom stereocenters. The van der Waals surface area contributed by atoms with E-state index in [1.807, 2.05) is 31.9 Å². The van der Waals surface area contributed by atoms with E-state index in [4.69, 9.17) is 37.6 Å². The summed E-state index contributed by atoms with van der Waals surface area (Å²) in [6, 6.07) is 11.9. The van der Waals surface area contributed by atoms with Gasteiger partial charge in [0.15, 0.2) is 11.5 Å². The summed E-state index contributed by atoms with van der Waals surface area (Å²) in [5, 5.41) is 16.1. The summed E-state index contributed by atoms with van der Waals surface area (Å²) in [6.07, 6.45) is 0.0443. The minimum atomic E-state index is -0.848. The van der Waals surface area contributed by atoms with Crippen LogP contribution in [0, 0.1) is 0 Å². The first-order valence-corrected chi connectivity index (χ1v) is 11.3. The Bertz CT molecular complexity index is 1180. The van der Waals surface area contributed by atoms with Gasteiger partial charge in [-0.3, -0.25) is 9.59 Å². The number of hydrogen-bond donors (Lipinski definition) is 2. The molecule has 0 aliphatic heterocycles. The van der Waals surface area contributed by atoms with Crippen molar-refractivity contribution in [1.29, 1.82) is 0 Å². The molecule has 2 aromatic carbocycles. The van der Waals surface area contributed by atoms with Crippen molar-refractivity contribution in [3.8, 4) is 17.1 Å². The number of carboxylic acid groups (broad SMARTS) is 1. The number of carbonyl (C=O) groups excluding carboxylic acids is 1. The number of nitrogens with zero attached hydrogens (tertiary/aromatic N) is 2. The summed E-state index contributed by atoms with van der Waals surface area (Å²) in [6.45, 7) is 4.76. The van der Waals surface area contributed by atoms with Crippen molar-refractivity contribution in [2.24, 2.45) is 0 Å². The molecule has 0 aliphatic carbocycles. The van der Waals surface area contributed by atoms with Gasteiger partial charge < -0.3 is 24.6 Å². The van der Waals surface area contributed by atoms with Gasteiger partial charge in [0.1, 0.15) is 5.75 Å². The number of benzene rings is 2. The standard InChI is InChI=1S/C24H25Cl2N3O5/c1-14(2)33-21-7-5-16(11-18(21)26)22-12-20(28-34-22)24(32)27-19-6-4-15(10-17(19)25)13-29(3)9-8-23(30)31/h4-7,10-12,14H,8-9,13H2,1-3H3,(H,27,32)(H,30,31). The first-order valence-electron chi connectivity index (χ1n) is 10.6. The van der Waals surface area contributed by atoms with Crippen molar-refractivity contribution in [3.63, 3.8) is 0 Å². The predicted molar refractivity (Wildman–Crippen MR) is 131 cm³/mol. The Hall–Kier alpha value is -3.07. The third-order valence-corrected chi connectivity index (χ3v) is 5.37. The second kappa shape index (κ2) is 11.4. The number of halogens is 2. The first kappa shape index (κ1) is 25.6. The van der Waals surface area contributed by atoms with E-state index in [9.17, 15) is 9.59 Å². The number of anilines is 1. The van der Waals surface area contributed by atoms with Gasteiger partial charge in [-0.1, -0.05) is 34.4 Å². The predicted octanol–water partition coefficient (Wildman–Crippen LogP) is 5.59. The number of amides is 1. The summed E-state index contributed by atoms with van der Waals surface area (Å²) < 4.78 is 11.0. The highest BCUT2D eigenvalue weighted by atomic mass is 35.5. The second-order valence-electron chi connectivity index (χ2n) is 8.04. The third kappa shape index (κ3) is 6.96. The lowest BCUT2D eigenvalue weighted by Gasteiger charge is -2.16. The summed E-state index contributed by atoms with van der Waals surface area (Å²) >= 11 is 12.6. The van der Waals surface area contributed by atoms with E-state index >= 15 is 0 Å². The lowest BCUT2D eigenvalue weighted by molar-refractivity contribution is -0.137. The van der Waals surface area contributed by atoms with Gasteiger partial charge in [-0.2, -0.15) is 0 Å². The molecule has 0 aliphatic rings. The molecule has 1 amide bonds. The number of hydrogen-bond acceptors (Lipinski definition) is 6. The van der Waals surface area contributed by atoms with Crippen LogP contribution in [0.1, 0.15) is 36.3 Å². The van der Waals surface area contributed by atoms with Crippen molar-refractivity contribution in [3.05, 3.63) is 63.8 Å². The van der Waals surface area contributed by atoms with Crippen molar-refractivity contribution in [2.75, 3.05) is 18.9 Å². The lowest BCUT2D eigenvalue weighted by atomic mass is 10.1. The van der Waals surface area contributed by atoms with Crippen molar-refractivity contribution in [1.82, 2.24) is 10.1 Å². The molecule has 1 heterocycles. The Morgan fingerprint density at radius 1 is 1.15 bits per heavy atom. The Kier molecular flexibility index (Phi) is 8.55. The fourth-order valence-electron chi connectivity index (χ4n) is 3.14. The minimum absolute atomic E-state index is 0.0114. The fourth-order valence-corrected chi connectivity index (χ4v) is 3.62. The maximum absolute atomic E-state index is 12.7. The minimum Gasteiger partial charge on any atom is -0.489 e. The molecular weight excluding hydrogens is 481 g/mol. The average molecular weight is 506 g/mol. The summed E-state index contributed by atoms with van der Waals surface area (Å²) in [4.78, 5) is 25.2. The van der Waals surface area contributed by atoms with Gasteiger partial charge in [0, 0.05) is 24.7 Å². The fraction of sp³-hybridized carbons (Fsp3) is 0.292. The normalized spacial score (nSPS) is 11.1. The molecule has 180 valence electrons. The molecule has 0 saturated heterocycles. The van der Waals surface area contributed by atoms with Crippen LogP contribution in [0.15, 0.2) is 47.0 Å². The zero-order valence-corrected chi connectivity index (χ0v) is 20.5. The van der Waals surface area contributed by atoms with Crippen molar-refractivity contribution < 1.29 is 24.0 Å². The van der Waals surface area contributed by atoms with Crippen LogP contribution in [0.2, 0.25) is 10.0 Å². The van der Waals surface area contributed by atoms with E-state index in [-0.39, 0.29) is 18.2 Å². The maximum atomic E-state index is 12.7. The Morgan fingerprint density at radius 3 is 2.56 bits per heavy atom. The Balaban J connectivity index is 1.65. The maximum Gasteiger partial charge on any atom is 0.304 e. The molecule has 34 heavy (non-hydrogen) atoms. The molecule has 0 bridgehead atoms. The Morgan fingerprint density at radius 2 is 1.91 bits per heavy atom. The zero-order valence-electron chi connectivity index (χ0n) is 19.0. The van der Waals surface area contributed by atoms with Gasteiger partial charge in [-0.15, -0.1) is 0 Å². The SMILES string of the molecule is CC(C)Oc1ccc(-c2cc(C(=O)Nc3ccc(CN(C)CCC(=O)O)cc3Cl)no2)cc1Cl. The highest BCUT2D eigenvalue weighted by molar-refractivity contribution is 6.34. The number of carbonyl (C=O) groups is 2. The van der Waals surface area contributed by atoms with E-state index in [0.29, 0.717) is 45.9 Å². The van der Waals surface area contributed by atoms with Crippen LogP contribution in [0.5, 0.6) is 5.75 Å². The molecule has 8 nitrogen and oxygen atoms in total. The molecule has 0 fully saturated rings. The zero-order chi connectivity index (χ0) is 24.8. The number of ether oxygens (including phenoxy) is 1. The average Bonchev–Trinajstić information content (AvgIpc) is 3.26. The topological polar surface area (TPSA) is 105 Å². The van der Waals surface area contributed by atoms with Gasteiger partial charge >= 0.3 is 5.97 Å². The van der Waals surface area contributed by atoms with Crippen LogP contribution < -0.4 is 10.1 Å². The summed E-state index contributed by atoms with van der Waals surface area (Å²) in [5.41, 5.74) is 2.05. The van der Waals surface area contributed by atoms with Crippen LogP contribution in [-0.2, 0) is 11.3 Å². The van der Waals surface area contributed by atoms with E-state index in [2.05, 4.69) is 10.5 Å². The first-order chi connectivity index (χ1) is 16.1. The molecule has 3 rings (SSSR count). The van der Waals surface area contributed by atoms with Gasteiger partial charge in [-0.25, -0.2) is 0 Å². The van der Waals surface area contributed by atoms with E-state index in [1.165, 1.54) is 6.07 Å². The number of aliphatic carboxylic acids is 1. The number of aromatic nitrogens is 1. The second-order valence-corrected chi connectivity index (χ2v) is 8.85. The van der Waals surface area contributed by atoms with Crippen LogP contribution in [0.25, 0.3) is 11.3 Å². The van der Waals surface area contributed by atoms with Crippen LogP contribution in [0.4, 0.5) is 5.69 Å². The van der Waals surface area contributed by atoms with Gasteiger partial charge in [0.2, 0.25) is 0 Å². The lowest BCUT2D eigenvalue weighted by Crippen LogP contribution is -2.21. The van der Waals surface area contributed by atoms with Crippen molar-refractivity contribution >= 4 is 40.8 Å². The molecule has 0 radical (unpaired) electrons. The highest BCUT2D eigenvalue weighted by Crippen LogP contribution is 2.31. The number of nitrogens with one attached hydrogen (secondary N) is 1. The Labute approximate surface area is 207 Å². The number of carboxylic acids is 1. The molecule has 0 saturated carbocycles. The van der Waals surface area contributed by atoms with E-state index in [0.717, 1.165) is 5.56 Å². The molecule has 0 unspecified atom stereocenters. The molecule has 2 N–H and O–H groups in total. The van der Waals surface area contributed by atoms with Crippen LogP contribution >= 0.6 is 23.2 Å². The smallest absolute Gasteiger partial charge is 0.304 e. The summed E-state index contributed by atoms with van der Waals surface area (Å²) in [7, 11) is 1.83. The highest BCUT2D eigenvalue weighted by Gasteiger charge is 2.17. The quantitative estimate of drug-likeness (QED) is 0.369. The summed E-state index contributed by atoms with van der Waals surface area (Å²) in [5.74, 6) is -0.383. The molecule has 3 aromatic rings. The van der Waals surface area contributed by atoms with E-state index in [1.54, 1.807) is 30.3 Å². The molecule has 10 heteroatoms. The monoisotopic (exact) mass is 505 g/mol. The molecule has 0 spiro atoms. The van der Waals surface area contributed by atoms with Gasteiger partial charge in [0.25, 0.3) is 5.91 Å². The van der Waals surface area contributed by atoms with Crippen LogP contribution in [0.3, 0.4) is 0 Å². The largest absolute Gasteiger partial charge is 0.489 e. The van der Waals surface area contributed by atoms with Gasteiger partial charge in [0.05, 0.1) is 28.3 Å². The van der Waals surface area contributed by atoms with E-state index < -0.39 is 11.9 Å². The third-order valence-electron chi connectivity index (χ3n) is 4.76. The van der Waals surface area contributed by atoms with Crippen LogP contribution in [-0.4, -0.2) is 46.7 Å². The van der Waals surface area contributed by atoms with Gasteiger partial charge in [-0.05, 0) is 56.8 Å².